The average molecular weight is 517 g/mol. The first-order valence-electron chi connectivity index (χ1n) is 9.00. The molecular formula is C19H25FIN5OS. The smallest absolute Gasteiger partial charge is 0.261 e. The van der Waals surface area contributed by atoms with Gasteiger partial charge in [-0.15, -0.1) is 35.3 Å². The summed E-state index contributed by atoms with van der Waals surface area (Å²) in [6, 6.07) is 10.2. The summed E-state index contributed by atoms with van der Waals surface area (Å²) in [6.07, 6.45) is 0.743. The predicted octanol–water partition coefficient (Wildman–Crippen LogP) is 2.76. The van der Waals surface area contributed by atoms with Crippen LogP contribution < -0.4 is 16.0 Å². The number of carbonyl (C=O) groups is 1. The SMILES string of the molecule is I.NC(=NCCCNC(=O)c1cccs1)N1CCN(c2ccc(F)cc2)CC1. The van der Waals surface area contributed by atoms with E-state index in [1.165, 1.54) is 23.5 Å². The van der Waals surface area contributed by atoms with Gasteiger partial charge in [-0.3, -0.25) is 9.79 Å². The molecule has 0 radical (unpaired) electrons. The highest BCUT2D eigenvalue weighted by atomic mass is 127. The van der Waals surface area contributed by atoms with E-state index in [9.17, 15) is 9.18 Å². The summed E-state index contributed by atoms with van der Waals surface area (Å²) in [5.41, 5.74) is 7.12. The lowest BCUT2D eigenvalue weighted by Gasteiger charge is -2.36. The number of halogens is 2. The normalized spacial score (nSPS) is 14.5. The first-order valence-corrected chi connectivity index (χ1v) is 9.88. The molecule has 0 unspecified atom stereocenters. The Bertz CT molecular complexity index is 761. The first kappa shape index (κ1) is 22.4. The Morgan fingerprint density at radius 1 is 1.18 bits per heavy atom. The van der Waals surface area contributed by atoms with Gasteiger partial charge in [-0.2, -0.15) is 0 Å². The second-order valence-electron chi connectivity index (χ2n) is 6.28. The van der Waals surface area contributed by atoms with E-state index in [1.54, 1.807) is 12.1 Å². The van der Waals surface area contributed by atoms with Crippen LogP contribution in [-0.4, -0.2) is 56.0 Å². The zero-order valence-corrected chi connectivity index (χ0v) is 18.7. The monoisotopic (exact) mass is 517 g/mol. The number of piperazine rings is 1. The fourth-order valence-corrected chi connectivity index (χ4v) is 3.56. The number of amides is 1. The van der Waals surface area contributed by atoms with Crippen LogP contribution in [0.15, 0.2) is 46.8 Å². The number of benzene rings is 1. The maximum atomic E-state index is 13.0. The molecule has 0 aliphatic carbocycles. The minimum atomic E-state index is -0.222. The molecule has 1 aliphatic heterocycles. The molecule has 0 spiro atoms. The number of aliphatic imine (C=N–C) groups is 1. The molecule has 0 saturated carbocycles. The van der Waals surface area contributed by atoms with E-state index in [0.29, 0.717) is 19.0 Å². The number of hydrogen-bond donors (Lipinski definition) is 2. The lowest BCUT2D eigenvalue weighted by atomic mass is 10.2. The van der Waals surface area contributed by atoms with Gasteiger partial charge >= 0.3 is 0 Å². The molecule has 152 valence electrons. The van der Waals surface area contributed by atoms with Crippen molar-refractivity contribution in [1.82, 2.24) is 10.2 Å². The predicted molar refractivity (Wildman–Crippen MR) is 123 cm³/mol. The maximum absolute atomic E-state index is 13.0. The van der Waals surface area contributed by atoms with E-state index >= 15 is 0 Å². The van der Waals surface area contributed by atoms with E-state index in [-0.39, 0.29) is 35.7 Å². The number of nitrogens with zero attached hydrogens (tertiary/aromatic N) is 3. The Balaban J connectivity index is 0.00000280. The van der Waals surface area contributed by atoms with Crippen LogP contribution in [0.25, 0.3) is 0 Å². The largest absolute Gasteiger partial charge is 0.370 e. The summed E-state index contributed by atoms with van der Waals surface area (Å²) >= 11 is 1.43. The Morgan fingerprint density at radius 3 is 2.54 bits per heavy atom. The van der Waals surface area contributed by atoms with Crippen molar-refractivity contribution in [1.29, 1.82) is 0 Å². The van der Waals surface area contributed by atoms with Crippen LogP contribution in [0.5, 0.6) is 0 Å². The van der Waals surface area contributed by atoms with E-state index < -0.39 is 0 Å². The summed E-state index contributed by atoms with van der Waals surface area (Å²) in [4.78, 5) is 21.2. The van der Waals surface area contributed by atoms with Crippen molar-refractivity contribution in [2.24, 2.45) is 10.7 Å². The number of carbonyl (C=O) groups excluding carboxylic acids is 1. The van der Waals surface area contributed by atoms with E-state index in [2.05, 4.69) is 20.1 Å². The molecule has 1 fully saturated rings. The standard InChI is InChI=1S/C19H24FN5OS.HI/c20-15-4-6-16(7-5-15)24-10-12-25(13-11-24)19(21)23-9-2-8-22-18(26)17-3-1-14-27-17;/h1,3-7,14H,2,8-13H2,(H2,21,23)(H,22,26);1H. The fourth-order valence-electron chi connectivity index (χ4n) is 2.92. The lowest BCUT2D eigenvalue weighted by Crippen LogP contribution is -2.51. The molecule has 9 heteroatoms. The molecule has 3 N–H and O–H groups in total. The van der Waals surface area contributed by atoms with Crippen molar-refractivity contribution in [2.45, 2.75) is 6.42 Å². The molecular weight excluding hydrogens is 492 g/mol. The quantitative estimate of drug-likeness (QED) is 0.268. The van der Waals surface area contributed by atoms with Crippen molar-refractivity contribution >= 4 is 52.9 Å². The molecule has 1 aromatic heterocycles. The van der Waals surface area contributed by atoms with Crippen molar-refractivity contribution in [3.8, 4) is 0 Å². The van der Waals surface area contributed by atoms with Gasteiger partial charge < -0.3 is 20.9 Å². The van der Waals surface area contributed by atoms with Gasteiger partial charge in [0.15, 0.2) is 5.96 Å². The number of anilines is 1. The number of thiophene rings is 1. The van der Waals surface area contributed by atoms with Crippen molar-refractivity contribution in [2.75, 3.05) is 44.2 Å². The van der Waals surface area contributed by atoms with Crippen LogP contribution in [0.4, 0.5) is 10.1 Å². The Morgan fingerprint density at radius 2 is 1.89 bits per heavy atom. The molecule has 1 aliphatic rings. The third kappa shape index (κ3) is 6.33. The van der Waals surface area contributed by atoms with E-state index in [0.717, 1.165) is 43.2 Å². The molecule has 2 aromatic rings. The van der Waals surface area contributed by atoms with Crippen molar-refractivity contribution < 1.29 is 9.18 Å². The second kappa shape index (κ2) is 11.2. The zero-order valence-electron chi connectivity index (χ0n) is 15.5. The highest BCUT2D eigenvalue weighted by Crippen LogP contribution is 2.16. The van der Waals surface area contributed by atoms with E-state index in [1.807, 2.05) is 17.5 Å². The van der Waals surface area contributed by atoms with Gasteiger partial charge in [-0.05, 0) is 42.1 Å². The van der Waals surface area contributed by atoms with Gasteiger partial charge in [0.05, 0.1) is 4.88 Å². The Labute approximate surface area is 185 Å². The summed E-state index contributed by atoms with van der Waals surface area (Å²) in [7, 11) is 0. The molecule has 1 amide bonds. The van der Waals surface area contributed by atoms with Gasteiger partial charge in [0.25, 0.3) is 5.91 Å². The van der Waals surface area contributed by atoms with Gasteiger partial charge in [0.2, 0.25) is 0 Å². The summed E-state index contributed by atoms with van der Waals surface area (Å²) in [6.45, 7) is 4.35. The number of nitrogens with two attached hydrogens (primary N) is 1. The maximum Gasteiger partial charge on any atom is 0.261 e. The van der Waals surface area contributed by atoms with Crippen LogP contribution in [-0.2, 0) is 0 Å². The van der Waals surface area contributed by atoms with Crippen LogP contribution in [0.3, 0.4) is 0 Å². The molecule has 1 saturated heterocycles. The van der Waals surface area contributed by atoms with Crippen molar-refractivity contribution in [3.05, 3.63) is 52.5 Å². The number of guanidine groups is 1. The summed E-state index contributed by atoms with van der Waals surface area (Å²) in [5.74, 6) is 0.276. The number of hydrogen-bond acceptors (Lipinski definition) is 4. The zero-order chi connectivity index (χ0) is 19.1. The second-order valence-corrected chi connectivity index (χ2v) is 7.22. The van der Waals surface area contributed by atoms with Gasteiger partial charge in [-0.25, -0.2) is 4.39 Å². The number of nitrogens with one attached hydrogen (secondary N) is 1. The van der Waals surface area contributed by atoms with Gasteiger partial charge in [0.1, 0.15) is 5.82 Å². The highest BCUT2D eigenvalue weighted by Gasteiger charge is 2.18. The lowest BCUT2D eigenvalue weighted by molar-refractivity contribution is 0.0957. The minimum Gasteiger partial charge on any atom is -0.370 e. The van der Waals surface area contributed by atoms with Gasteiger partial charge in [0, 0.05) is 45.0 Å². The van der Waals surface area contributed by atoms with Gasteiger partial charge in [-0.1, -0.05) is 6.07 Å². The van der Waals surface area contributed by atoms with E-state index in [4.69, 9.17) is 5.73 Å². The van der Waals surface area contributed by atoms with Crippen LogP contribution in [0.2, 0.25) is 0 Å². The Kier molecular flexibility index (Phi) is 8.97. The third-order valence-corrected chi connectivity index (χ3v) is 5.30. The van der Waals surface area contributed by atoms with Crippen molar-refractivity contribution in [3.63, 3.8) is 0 Å². The first-order chi connectivity index (χ1) is 13.1. The fraction of sp³-hybridized carbons (Fsp3) is 0.368. The van der Waals surface area contributed by atoms with Crippen LogP contribution in [0.1, 0.15) is 16.1 Å². The highest BCUT2D eigenvalue weighted by molar-refractivity contribution is 14.0. The summed E-state index contributed by atoms with van der Waals surface area (Å²) in [5, 5.41) is 4.77. The minimum absolute atomic E-state index is 0. The van der Waals surface area contributed by atoms with Crippen LogP contribution in [0, 0.1) is 5.82 Å². The molecule has 2 heterocycles. The molecule has 0 bridgehead atoms. The topological polar surface area (TPSA) is 74.0 Å². The molecule has 28 heavy (non-hydrogen) atoms. The molecule has 0 atom stereocenters. The molecule has 1 aromatic carbocycles. The molecule has 6 nitrogen and oxygen atoms in total. The third-order valence-electron chi connectivity index (χ3n) is 4.43. The van der Waals surface area contributed by atoms with Crippen LogP contribution >= 0.6 is 35.3 Å². The molecule has 3 rings (SSSR count). The number of rotatable bonds is 6. The Hall–Kier alpha value is -1.88. The average Bonchev–Trinajstić information content (AvgIpc) is 3.23. The summed E-state index contributed by atoms with van der Waals surface area (Å²) < 4.78 is 13.0.